The number of aliphatic imine (C=N–C) groups is 1. The Labute approximate surface area is 75.2 Å². The Balaban J connectivity index is 3.77. The summed E-state index contributed by atoms with van der Waals surface area (Å²) in [6.45, 7) is 0.245. The second kappa shape index (κ2) is 4.63. The molecule has 0 spiro atoms. The molecule has 0 aromatic rings. The maximum atomic E-state index is 10.3. The van der Waals surface area contributed by atoms with Gasteiger partial charge in [0.25, 0.3) is 0 Å². The van der Waals surface area contributed by atoms with Crippen molar-refractivity contribution in [1.82, 2.24) is 0 Å². The minimum absolute atomic E-state index is 0.0733. The molecular weight excluding hydrogens is 176 g/mol. The molecule has 0 saturated carbocycles. The Hall–Kier alpha value is -1.34. The van der Waals surface area contributed by atoms with E-state index in [4.69, 9.17) is 27.4 Å². The van der Waals surface area contributed by atoms with Crippen LogP contribution in [0.1, 0.15) is 12.8 Å². The number of rotatable bonds is 5. The molecular formula is C6H14N4O3. The summed E-state index contributed by atoms with van der Waals surface area (Å²) in [5.41, 5.74) is 12.9. The number of aliphatic carboxylic acids is 1. The lowest BCUT2D eigenvalue weighted by molar-refractivity contribution is -0.158. The van der Waals surface area contributed by atoms with Crippen LogP contribution in [0, 0.1) is 0 Å². The van der Waals surface area contributed by atoms with Crippen LogP contribution in [0.4, 0.5) is 0 Å². The van der Waals surface area contributed by atoms with E-state index >= 15 is 0 Å². The summed E-state index contributed by atoms with van der Waals surface area (Å²) in [4.78, 5) is 13.9. The van der Waals surface area contributed by atoms with Crippen molar-refractivity contribution in [3.63, 3.8) is 0 Å². The average Bonchev–Trinajstić information content (AvgIpc) is 1.97. The molecule has 0 unspecified atom stereocenters. The van der Waals surface area contributed by atoms with E-state index in [0.717, 1.165) is 0 Å². The maximum absolute atomic E-state index is 10.3. The van der Waals surface area contributed by atoms with Gasteiger partial charge >= 0.3 is 5.97 Å². The van der Waals surface area contributed by atoms with E-state index in [1.54, 1.807) is 0 Å². The van der Waals surface area contributed by atoms with Crippen LogP contribution in [0.3, 0.4) is 0 Å². The van der Waals surface area contributed by atoms with E-state index in [1.165, 1.54) is 0 Å². The number of nitrogens with zero attached hydrogens (tertiary/aromatic N) is 1. The Morgan fingerprint density at radius 3 is 2.38 bits per heavy atom. The van der Waals surface area contributed by atoms with Gasteiger partial charge in [0.1, 0.15) is 0 Å². The zero-order chi connectivity index (χ0) is 10.5. The number of carboxylic acids is 1. The first kappa shape index (κ1) is 11.7. The highest BCUT2D eigenvalue weighted by Crippen LogP contribution is 2.05. The predicted octanol–water partition coefficient (Wildman–Crippen LogP) is -2.23. The quantitative estimate of drug-likeness (QED) is 0.143. The first-order valence-corrected chi connectivity index (χ1v) is 3.66. The molecule has 0 aromatic heterocycles. The topological polar surface area (TPSA) is 148 Å². The molecule has 0 aliphatic rings. The highest BCUT2D eigenvalue weighted by molar-refractivity contribution is 5.76. The number of guanidine groups is 1. The summed E-state index contributed by atoms with van der Waals surface area (Å²) in [5, 5.41) is 17.4. The standard InChI is InChI=1S/C6H14N4O3/c7-5(8)10-3-1-2-6(9,13)4(11)12/h13H,1-3,9H2,(H,11,12)(H4,7,8,10)/t6-/m0/s1. The van der Waals surface area contributed by atoms with E-state index in [1.807, 2.05) is 0 Å². The molecule has 0 heterocycles. The Bertz CT molecular complexity index is 210. The summed E-state index contributed by atoms with van der Waals surface area (Å²) in [7, 11) is 0. The van der Waals surface area contributed by atoms with Crippen molar-refractivity contribution in [1.29, 1.82) is 0 Å². The van der Waals surface area contributed by atoms with E-state index in [0.29, 0.717) is 6.42 Å². The van der Waals surface area contributed by atoms with Gasteiger partial charge in [-0.05, 0) is 6.42 Å². The summed E-state index contributed by atoms with van der Waals surface area (Å²) in [6.07, 6.45) is 0.205. The second-order valence-electron chi connectivity index (χ2n) is 2.64. The molecule has 76 valence electrons. The molecule has 0 aliphatic carbocycles. The van der Waals surface area contributed by atoms with Crippen LogP contribution < -0.4 is 17.2 Å². The highest BCUT2D eigenvalue weighted by Gasteiger charge is 2.29. The number of hydrogen-bond donors (Lipinski definition) is 5. The first-order valence-electron chi connectivity index (χ1n) is 3.66. The fourth-order valence-electron chi connectivity index (χ4n) is 0.664. The lowest BCUT2D eigenvalue weighted by atomic mass is 10.1. The Morgan fingerprint density at radius 2 is 2.00 bits per heavy atom. The smallest absolute Gasteiger partial charge is 0.350 e. The molecule has 0 amide bonds. The second-order valence-corrected chi connectivity index (χ2v) is 2.64. The lowest BCUT2D eigenvalue weighted by Crippen LogP contribution is -2.47. The van der Waals surface area contributed by atoms with Gasteiger partial charge in [0.2, 0.25) is 5.72 Å². The fourth-order valence-corrected chi connectivity index (χ4v) is 0.664. The molecule has 0 aliphatic heterocycles. The van der Waals surface area contributed by atoms with Crippen LogP contribution in [-0.4, -0.2) is 34.4 Å². The van der Waals surface area contributed by atoms with Gasteiger partial charge in [-0.15, -0.1) is 0 Å². The molecule has 0 radical (unpaired) electrons. The van der Waals surface area contributed by atoms with Crippen LogP contribution in [0.2, 0.25) is 0 Å². The zero-order valence-corrected chi connectivity index (χ0v) is 7.10. The van der Waals surface area contributed by atoms with Crippen molar-refractivity contribution in [2.75, 3.05) is 6.54 Å². The Kier molecular flexibility index (Phi) is 4.15. The molecule has 7 nitrogen and oxygen atoms in total. The molecule has 0 saturated heterocycles. The minimum Gasteiger partial charge on any atom is -0.478 e. The van der Waals surface area contributed by atoms with Gasteiger partial charge in [0.15, 0.2) is 5.96 Å². The van der Waals surface area contributed by atoms with Crippen molar-refractivity contribution >= 4 is 11.9 Å². The maximum Gasteiger partial charge on any atom is 0.350 e. The number of nitrogens with two attached hydrogens (primary N) is 3. The van der Waals surface area contributed by atoms with Crippen LogP contribution in [-0.2, 0) is 4.79 Å². The third kappa shape index (κ3) is 4.99. The third-order valence-electron chi connectivity index (χ3n) is 1.38. The van der Waals surface area contributed by atoms with Crippen LogP contribution in [0.5, 0.6) is 0 Å². The van der Waals surface area contributed by atoms with Gasteiger partial charge in [0, 0.05) is 13.0 Å². The molecule has 0 aromatic carbocycles. The third-order valence-corrected chi connectivity index (χ3v) is 1.38. The largest absolute Gasteiger partial charge is 0.478 e. The minimum atomic E-state index is -2.20. The normalized spacial score (nSPS) is 14.6. The van der Waals surface area contributed by atoms with Crippen LogP contribution >= 0.6 is 0 Å². The number of aliphatic hydroxyl groups is 1. The molecule has 8 N–H and O–H groups in total. The van der Waals surface area contributed by atoms with Crippen molar-refractivity contribution in [3.8, 4) is 0 Å². The van der Waals surface area contributed by atoms with Crippen molar-refractivity contribution in [3.05, 3.63) is 0 Å². The number of carboxylic acid groups (broad SMARTS) is 1. The van der Waals surface area contributed by atoms with Crippen molar-refractivity contribution in [2.45, 2.75) is 18.6 Å². The predicted molar refractivity (Wildman–Crippen MR) is 46.7 cm³/mol. The molecule has 13 heavy (non-hydrogen) atoms. The van der Waals surface area contributed by atoms with Crippen LogP contribution in [0.15, 0.2) is 4.99 Å². The highest BCUT2D eigenvalue weighted by atomic mass is 16.4. The molecule has 0 rings (SSSR count). The van der Waals surface area contributed by atoms with Gasteiger partial charge in [-0.2, -0.15) is 0 Å². The fraction of sp³-hybridized carbons (Fsp3) is 0.667. The van der Waals surface area contributed by atoms with Crippen LogP contribution in [0.25, 0.3) is 0 Å². The SMILES string of the molecule is NC(N)=NCCC[C@](N)(O)C(=O)O. The summed E-state index contributed by atoms with van der Waals surface area (Å²) in [5.74, 6) is -1.53. The van der Waals surface area contributed by atoms with Gasteiger partial charge in [-0.3, -0.25) is 10.7 Å². The van der Waals surface area contributed by atoms with Crippen molar-refractivity contribution < 1.29 is 15.0 Å². The van der Waals surface area contributed by atoms with Gasteiger partial charge in [0.05, 0.1) is 0 Å². The average molecular weight is 190 g/mol. The Morgan fingerprint density at radius 1 is 1.46 bits per heavy atom. The van der Waals surface area contributed by atoms with E-state index in [9.17, 15) is 4.79 Å². The number of hydrogen-bond acceptors (Lipinski definition) is 4. The van der Waals surface area contributed by atoms with Gasteiger partial charge < -0.3 is 21.7 Å². The molecule has 0 bridgehead atoms. The molecule has 1 atom stereocenters. The summed E-state index contributed by atoms with van der Waals surface area (Å²) >= 11 is 0. The molecule has 7 heteroatoms. The lowest BCUT2D eigenvalue weighted by Gasteiger charge is -2.16. The summed E-state index contributed by atoms with van der Waals surface area (Å²) < 4.78 is 0. The van der Waals surface area contributed by atoms with E-state index in [2.05, 4.69) is 4.99 Å². The van der Waals surface area contributed by atoms with Gasteiger partial charge in [-0.1, -0.05) is 0 Å². The van der Waals surface area contributed by atoms with E-state index in [-0.39, 0.29) is 18.9 Å². The zero-order valence-electron chi connectivity index (χ0n) is 7.10. The van der Waals surface area contributed by atoms with E-state index < -0.39 is 11.7 Å². The monoisotopic (exact) mass is 190 g/mol. The van der Waals surface area contributed by atoms with Gasteiger partial charge in [-0.25, -0.2) is 4.79 Å². The number of carbonyl (C=O) groups is 1. The summed E-state index contributed by atoms with van der Waals surface area (Å²) in [6, 6.07) is 0. The molecule has 0 fully saturated rings. The van der Waals surface area contributed by atoms with Crippen molar-refractivity contribution in [2.24, 2.45) is 22.2 Å². The first-order chi connectivity index (χ1) is 5.86.